The second kappa shape index (κ2) is 6.06. The van der Waals surface area contributed by atoms with Crippen LogP contribution in [0.1, 0.15) is 11.1 Å². The molecule has 1 aromatic heterocycles. The molecule has 0 fully saturated rings. The van der Waals surface area contributed by atoms with Gasteiger partial charge in [0.2, 0.25) is 21.9 Å². The first-order chi connectivity index (χ1) is 9.90. The van der Waals surface area contributed by atoms with Crippen LogP contribution in [0, 0.1) is 6.92 Å². The molecule has 0 atom stereocenters. The molecule has 112 valence electrons. The van der Waals surface area contributed by atoms with E-state index >= 15 is 0 Å². The topological polar surface area (TPSA) is 107 Å². The molecule has 0 radical (unpaired) electrons. The minimum absolute atomic E-state index is 0.0985. The van der Waals surface area contributed by atoms with E-state index in [9.17, 15) is 8.42 Å². The molecule has 0 aliphatic heterocycles. The summed E-state index contributed by atoms with van der Waals surface area (Å²) >= 11 is 0. The molecule has 2 rings (SSSR count). The maximum absolute atomic E-state index is 11.3. The standard InChI is InChI=1S/C13H16N4O3S/c1-9-7-11(21(14,18)19)4-3-10(9)8-16-13-15-6-5-12(17-13)20-2/h3-7H,8H2,1-2H3,(H2,14,18,19)(H,15,16,17). The van der Waals surface area contributed by atoms with E-state index in [0.717, 1.165) is 11.1 Å². The van der Waals surface area contributed by atoms with E-state index in [1.54, 1.807) is 24.4 Å². The number of aryl methyl sites for hydroxylation is 1. The number of nitrogens with two attached hydrogens (primary N) is 1. The molecular weight excluding hydrogens is 292 g/mol. The predicted molar refractivity (Wildman–Crippen MR) is 78.5 cm³/mol. The van der Waals surface area contributed by atoms with Gasteiger partial charge in [-0.05, 0) is 30.2 Å². The van der Waals surface area contributed by atoms with Crippen molar-refractivity contribution in [3.05, 3.63) is 41.6 Å². The van der Waals surface area contributed by atoms with Gasteiger partial charge >= 0.3 is 0 Å². The van der Waals surface area contributed by atoms with Gasteiger partial charge in [-0.2, -0.15) is 4.98 Å². The summed E-state index contributed by atoms with van der Waals surface area (Å²) < 4.78 is 27.6. The zero-order chi connectivity index (χ0) is 15.5. The van der Waals surface area contributed by atoms with Crippen molar-refractivity contribution in [1.82, 2.24) is 9.97 Å². The van der Waals surface area contributed by atoms with Crippen LogP contribution in [-0.2, 0) is 16.6 Å². The Morgan fingerprint density at radius 1 is 1.33 bits per heavy atom. The number of hydrogen-bond acceptors (Lipinski definition) is 6. The van der Waals surface area contributed by atoms with Gasteiger partial charge in [0.15, 0.2) is 0 Å². The van der Waals surface area contributed by atoms with Crippen LogP contribution in [0.25, 0.3) is 0 Å². The van der Waals surface area contributed by atoms with Crippen molar-refractivity contribution < 1.29 is 13.2 Å². The zero-order valence-corrected chi connectivity index (χ0v) is 12.5. The van der Waals surface area contributed by atoms with Crippen LogP contribution in [0.3, 0.4) is 0 Å². The van der Waals surface area contributed by atoms with Gasteiger partial charge in [-0.3, -0.25) is 0 Å². The van der Waals surface area contributed by atoms with Crippen LogP contribution in [0.5, 0.6) is 5.88 Å². The predicted octanol–water partition coefficient (Wildman–Crippen LogP) is 1.05. The number of primary sulfonamides is 1. The van der Waals surface area contributed by atoms with Gasteiger partial charge < -0.3 is 10.1 Å². The molecule has 0 saturated carbocycles. The maximum atomic E-state index is 11.3. The second-order valence-electron chi connectivity index (χ2n) is 4.41. The Morgan fingerprint density at radius 3 is 2.71 bits per heavy atom. The van der Waals surface area contributed by atoms with Crippen molar-refractivity contribution in [2.45, 2.75) is 18.4 Å². The lowest BCUT2D eigenvalue weighted by atomic mass is 10.1. The lowest BCUT2D eigenvalue weighted by Gasteiger charge is -2.09. The molecule has 21 heavy (non-hydrogen) atoms. The number of aromatic nitrogens is 2. The lowest BCUT2D eigenvalue weighted by molar-refractivity contribution is 0.397. The van der Waals surface area contributed by atoms with E-state index in [1.807, 2.05) is 6.92 Å². The molecule has 0 aliphatic rings. The number of benzene rings is 1. The summed E-state index contributed by atoms with van der Waals surface area (Å²) in [6.07, 6.45) is 1.59. The summed E-state index contributed by atoms with van der Waals surface area (Å²) in [6, 6.07) is 6.38. The molecule has 0 unspecified atom stereocenters. The highest BCUT2D eigenvalue weighted by Crippen LogP contribution is 2.16. The first-order valence-corrected chi connectivity index (χ1v) is 7.68. The van der Waals surface area contributed by atoms with Crippen LogP contribution in [0.2, 0.25) is 0 Å². The summed E-state index contributed by atoms with van der Waals surface area (Å²) in [4.78, 5) is 8.30. The van der Waals surface area contributed by atoms with Gasteiger partial charge in [-0.1, -0.05) is 6.07 Å². The van der Waals surface area contributed by atoms with Gasteiger partial charge in [0, 0.05) is 18.8 Å². The van der Waals surface area contributed by atoms with Crippen molar-refractivity contribution in [2.24, 2.45) is 5.14 Å². The third-order valence-corrected chi connectivity index (χ3v) is 3.83. The molecule has 0 aliphatic carbocycles. The van der Waals surface area contributed by atoms with Crippen LogP contribution in [0.15, 0.2) is 35.4 Å². The molecule has 0 amide bonds. The quantitative estimate of drug-likeness (QED) is 0.855. The Hall–Kier alpha value is -2.19. The summed E-state index contributed by atoms with van der Waals surface area (Å²) in [5.74, 6) is 0.901. The van der Waals surface area contributed by atoms with Crippen molar-refractivity contribution in [3.63, 3.8) is 0 Å². The monoisotopic (exact) mass is 308 g/mol. The largest absolute Gasteiger partial charge is 0.481 e. The van der Waals surface area contributed by atoms with Crippen molar-refractivity contribution in [1.29, 1.82) is 0 Å². The van der Waals surface area contributed by atoms with E-state index in [-0.39, 0.29) is 4.90 Å². The van der Waals surface area contributed by atoms with Crippen LogP contribution in [0.4, 0.5) is 5.95 Å². The molecule has 3 N–H and O–H groups in total. The van der Waals surface area contributed by atoms with Gasteiger partial charge in [0.1, 0.15) is 0 Å². The van der Waals surface area contributed by atoms with Gasteiger partial charge in [0.05, 0.1) is 12.0 Å². The molecule has 1 heterocycles. The molecule has 2 aromatic rings. The number of ether oxygens (including phenoxy) is 1. The van der Waals surface area contributed by atoms with E-state index < -0.39 is 10.0 Å². The van der Waals surface area contributed by atoms with Crippen molar-refractivity contribution in [3.8, 4) is 5.88 Å². The SMILES string of the molecule is COc1ccnc(NCc2ccc(S(N)(=O)=O)cc2C)n1. The zero-order valence-electron chi connectivity index (χ0n) is 11.7. The average molecular weight is 308 g/mol. The third kappa shape index (κ3) is 3.89. The third-order valence-electron chi connectivity index (χ3n) is 2.92. The van der Waals surface area contributed by atoms with Gasteiger partial charge in [-0.25, -0.2) is 18.5 Å². The molecular formula is C13H16N4O3S. The fourth-order valence-corrected chi connectivity index (χ4v) is 2.36. The van der Waals surface area contributed by atoms with Crippen LogP contribution >= 0.6 is 0 Å². The minimum atomic E-state index is -3.68. The van der Waals surface area contributed by atoms with E-state index in [4.69, 9.17) is 9.88 Å². The average Bonchev–Trinajstić information content (AvgIpc) is 2.45. The fraction of sp³-hybridized carbons (Fsp3) is 0.231. The highest BCUT2D eigenvalue weighted by Gasteiger charge is 2.09. The van der Waals surface area contributed by atoms with Gasteiger partial charge in [-0.15, -0.1) is 0 Å². The van der Waals surface area contributed by atoms with Crippen LogP contribution in [-0.4, -0.2) is 25.5 Å². The lowest BCUT2D eigenvalue weighted by Crippen LogP contribution is -2.13. The summed E-state index contributed by atoms with van der Waals surface area (Å²) in [7, 11) is -2.15. The van der Waals surface area contributed by atoms with E-state index in [1.165, 1.54) is 13.2 Å². The fourth-order valence-electron chi connectivity index (χ4n) is 1.76. The Morgan fingerprint density at radius 2 is 2.10 bits per heavy atom. The molecule has 0 saturated heterocycles. The molecule has 7 nitrogen and oxygen atoms in total. The van der Waals surface area contributed by atoms with Crippen molar-refractivity contribution >= 4 is 16.0 Å². The Balaban J connectivity index is 2.13. The number of sulfonamides is 1. The smallest absolute Gasteiger partial charge is 0.238 e. The first-order valence-electron chi connectivity index (χ1n) is 6.13. The normalized spacial score (nSPS) is 11.2. The highest BCUT2D eigenvalue weighted by molar-refractivity contribution is 7.89. The van der Waals surface area contributed by atoms with Crippen molar-refractivity contribution in [2.75, 3.05) is 12.4 Å². The molecule has 0 spiro atoms. The summed E-state index contributed by atoms with van der Waals surface area (Å²) in [5, 5.41) is 8.15. The number of rotatable bonds is 5. The molecule has 1 aromatic carbocycles. The van der Waals surface area contributed by atoms with Gasteiger partial charge in [0.25, 0.3) is 0 Å². The minimum Gasteiger partial charge on any atom is -0.481 e. The number of anilines is 1. The number of nitrogens with zero attached hydrogens (tertiary/aromatic N) is 2. The first kappa shape index (κ1) is 15.2. The Bertz CT molecular complexity index is 747. The Labute approximate surface area is 123 Å². The summed E-state index contributed by atoms with van der Waals surface area (Å²) in [6.45, 7) is 2.28. The maximum Gasteiger partial charge on any atom is 0.238 e. The van der Waals surface area contributed by atoms with E-state index in [2.05, 4.69) is 15.3 Å². The van der Waals surface area contributed by atoms with Crippen LogP contribution < -0.4 is 15.2 Å². The molecule has 0 bridgehead atoms. The summed E-state index contributed by atoms with van der Waals surface area (Å²) in [5.41, 5.74) is 1.74. The highest BCUT2D eigenvalue weighted by atomic mass is 32.2. The Kier molecular flexibility index (Phi) is 4.39. The molecule has 8 heteroatoms. The number of nitrogens with one attached hydrogen (secondary N) is 1. The second-order valence-corrected chi connectivity index (χ2v) is 5.97. The van der Waals surface area contributed by atoms with E-state index in [0.29, 0.717) is 18.4 Å². The number of methoxy groups -OCH3 is 1. The number of hydrogen-bond donors (Lipinski definition) is 2.